The van der Waals surface area contributed by atoms with Crippen LogP contribution in [0.25, 0.3) is 0 Å². The summed E-state index contributed by atoms with van der Waals surface area (Å²) in [5, 5.41) is -4.67. The van der Waals surface area contributed by atoms with E-state index in [1.54, 1.807) is 0 Å². The van der Waals surface area contributed by atoms with Crippen LogP contribution in [0.4, 0.5) is 13.2 Å². The highest BCUT2D eigenvalue weighted by molar-refractivity contribution is 7.86. The highest BCUT2D eigenvalue weighted by Crippen LogP contribution is 2.22. The molecule has 1 N–H and O–H groups in total. The van der Waals surface area contributed by atoms with Gasteiger partial charge in [-0.15, -0.1) is 0 Å². The fourth-order valence-electron chi connectivity index (χ4n) is 0.980. The fraction of sp³-hybridized carbons (Fsp3) is 0.600. The molecule has 122 valence electrons. The molecule has 0 aliphatic heterocycles. The van der Waals surface area contributed by atoms with Gasteiger partial charge in [-0.05, 0) is 13.8 Å². The monoisotopic (exact) mass is 334 g/mol. The Bertz CT molecular complexity index is 539. The Morgan fingerprint density at radius 2 is 1.76 bits per heavy atom. The van der Waals surface area contributed by atoms with Gasteiger partial charge in [-0.1, -0.05) is 6.58 Å². The molecule has 0 fully saturated rings. The minimum absolute atomic E-state index is 0.756. The van der Waals surface area contributed by atoms with Crippen LogP contribution in [0.15, 0.2) is 12.4 Å². The number of carbonyl (C=O) groups excluding carboxylic acids is 2. The molecular formula is C10H13F3O7S. The summed E-state index contributed by atoms with van der Waals surface area (Å²) >= 11 is 0. The molecule has 0 saturated carbocycles. The maximum Gasteiger partial charge on any atom is 0.402 e. The lowest BCUT2D eigenvalue weighted by Crippen LogP contribution is -2.37. The molecule has 0 aliphatic rings. The van der Waals surface area contributed by atoms with Crippen LogP contribution in [-0.4, -0.2) is 42.4 Å². The Morgan fingerprint density at radius 3 is 2.14 bits per heavy atom. The lowest BCUT2D eigenvalue weighted by Gasteiger charge is -2.23. The first-order valence-corrected chi connectivity index (χ1v) is 6.70. The summed E-state index contributed by atoms with van der Waals surface area (Å²) < 4.78 is 75.2. The van der Waals surface area contributed by atoms with E-state index >= 15 is 0 Å². The number of esters is 2. The zero-order valence-electron chi connectivity index (χ0n) is 11.1. The van der Waals surface area contributed by atoms with Crippen LogP contribution in [0.1, 0.15) is 20.3 Å². The second-order valence-corrected chi connectivity index (χ2v) is 6.05. The number of ether oxygens (including phenoxy) is 2. The Balaban J connectivity index is 4.58. The van der Waals surface area contributed by atoms with E-state index < -0.39 is 51.8 Å². The largest absolute Gasteiger partial charge is 0.458 e. The van der Waals surface area contributed by atoms with Gasteiger partial charge in [-0.25, -0.2) is 4.79 Å². The topological polar surface area (TPSA) is 107 Å². The molecule has 0 unspecified atom stereocenters. The maximum absolute atomic E-state index is 12.8. The van der Waals surface area contributed by atoms with Crippen molar-refractivity contribution >= 4 is 22.1 Å². The zero-order chi connectivity index (χ0) is 17.1. The Kier molecular flexibility index (Phi) is 5.94. The van der Waals surface area contributed by atoms with E-state index in [9.17, 15) is 31.2 Å². The number of alkyl halides is 2. The molecule has 0 rings (SSSR count). The van der Waals surface area contributed by atoms with Gasteiger partial charge >= 0.3 is 27.3 Å². The first kappa shape index (κ1) is 19.4. The summed E-state index contributed by atoms with van der Waals surface area (Å²) in [6.07, 6.45) is -0.756. The standard InChI is InChI=1S/C10H13F3O7S/c1-6(11)8(15)20-9(2,3)4-7(14)19-5-10(12,13)21(16,17)18/h1,4-5H2,2-3H3,(H,16,17,18). The van der Waals surface area contributed by atoms with E-state index in [2.05, 4.69) is 16.1 Å². The summed E-state index contributed by atoms with van der Waals surface area (Å²) in [6.45, 7) is 3.08. The van der Waals surface area contributed by atoms with Crippen molar-refractivity contribution in [2.45, 2.75) is 31.1 Å². The Labute approximate surface area is 118 Å². The average Bonchev–Trinajstić information content (AvgIpc) is 2.23. The predicted octanol–water partition coefficient (Wildman–Crippen LogP) is 1.21. The van der Waals surface area contributed by atoms with Crippen molar-refractivity contribution in [1.29, 1.82) is 0 Å². The molecule has 0 amide bonds. The van der Waals surface area contributed by atoms with Crippen LogP contribution in [0.3, 0.4) is 0 Å². The van der Waals surface area contributed by atoms with Crippen molar-refractivity contribution in [3.8, 4) is 0 Å². The van der Waals surface area contributed by atoms with Gasteiger partial charge in [0.1, 0.15) is 5.60 Å². The molecule has 0 bridgehead atoms. The van der Waals surface area contributed by atoms with Crippen molar-refractivity contribution in [2.75, 3.05) is 6.61 Å². The van der Waals surface area contributed by atoms with Gasteiger partial charge in [0.15, 0.2) is 6.61 Å². The van der Waals surface area contributed by atoms with Crippen LogP contribution in [-0.2, 0) is 29.2 Å². The molecule has 11 heteroatoms. The number of hydrogen-bond acceptors (Lipinski definition) is 6. The van der Waals surface area contributed by atoms with Gasteiger partial charge in [-0.2, -0.15) is 21.6 Å². The van der Waals surface area contributed by atoms with E-state index in [0.29, 0.717) is 0 Å². The van der Waals surface area contributed by atoms with Gasteiger partial charge in [-0.3, -0.25) is 9.35 Å². The first-order chi connectivity index (χ1) is 9.18. The molecule has 0 aliphatic carbocycles. The van der Waals surface area contributed by atoms with Crippen molar-refractivity contribution in [1.82, 2.24) is 0 Å². The maximum atomic E-state index is 12.8. The molecule has 0 spiro atoms. The Morgan fingerprint density at radius 1 is 1.29 bits per heavy atom. The predicted molar refractivity (Wildman–Crippen MR) is 62.5 cm³/mol. The normalized spacial score (nSPS) is 12.7. The zero-order valence-corrected chi connectivity index (χ0v) is 11.9. The highest BCUT2D eigenvalue weighted by atomic mass is 32.2. The van der Waals surface area contributed by atoms with Crippen molar-refractivity contribution in [3.05, 3.63) is 12.4 Å². The molecule has 7 nitrogen and oxygen atoms in total. The average molecular weight is 334 g/mol. The molecule has 0 heterocycles. The van der Waals surface area contributed by atoms with E-state index in [-0.39, 0.29) is 0 Å². The fourth-order valence-corrected chi connectivity index (χ4v) is 1.19. The summed E-state index contributed by atoms with van der Waals surface area (Å²) in [5.41, 5.74) is -1.60. The molecule has 21 heavy (non-hydrogen) atoms. The van der Waals surface area contributed by atoms with Crippen LogP contribution in [0, 0.1) is 0 Å². The van der Waals surface area contributed by atoms with Crippen molar-refractivity contribution < 1.29 is 45.2 Å². The van der Waals surface area contributed by atoms with Gasteiger partial charge in [0.2, 0.25) is 5.83 Å². The van der Waals surface area contributed by atoms with Gasteiger partial charge in [0, 0.05) is 0 Å². The third-order valence-electron chi connectivity index (χ3n) is 1.94. The quantitative estimate of drug-likeness (QED) is 0.423. The molecule has 0 aromatic rings. The lowest BCUT2D eigenvalue weighted by molar-refractivity contribution is -0.163. The molecule has 0 aromatic heterocycles. The van der Waals surface area contributed by atoms with Gasteiger partial charge < -0.3 is 9.47 Å². The van der Waals surface area contributed by atoms with Crippen LogP contribution in [0.5, 0.6) is 0 Å². The summed E-state index contributed by atoms with van der Waals surface area (Å²) in [5.74, 6) is -4.22. The van der Waals surface area contributed by atoms with Crippen LogP contribution in [0.2, 0.25) is 0 Å². The minimum Gasteiger partial charge on any atom is -0.458 e. The van der Waals surface area contributed by atoms with E-state index in [4.69, 9.17) is 4.55 Å². The van der Waals surface area contributed by atoms with Gasteiger partial charge in [0.05, 0.1) is 6.42 Å². The summed E-state index contributed by atoms with van der Waals surface area (Å²) in [7, 11) is -5.73. The van der Waals surface area contributed by atoms with Crippen molar-refractivity contribution in [2.24, 2.45) is 0 Å². The van der Waals surface area contributed by atoms with Gasteiger partial charge in [0.25, 0.3) is 0 Å². The van der Waals surface area contributed by atoms with Crippen molar-refractivity contribution in [3.63, 3.8) is 0 Å². The molecule has 0 radical (unpaired) electrons. The molecule has 0 saturated heterocycles. The Hall–Kier alpha value is -1.62. The van der Waals surface area contributed by atoms with E-state index in [0.717, 1.165) is 13.8 Å². The SMILES string of the molecule is C=C(F)C(=O)OC(C)(C)CC(=O)OCC(F)(F)S(=O)(=O)O. The summed E-state index contributed by atoms with van der Waals surface area (Å²) in [4.78, 5) is 22.2. The third kappa shape index (κ3) is 6.58. The second kappa shape index (κ2) is 6.43. The minimum atomic E-state index is -5.73. The number of hydrogen-bond donors (Lipinski definition) is 1. The first-order valence-electron chi connectivity index (χ1n) is 5.26. The third-order valence-corrected chi connectivity index (χ3v) is 2.81. The number of rotatable bonds is 7. The van der Waals surface area contributed by atoms with E-state index in [1.807, 2.05) is 0 Å². The summed E-state index contributed by atoms with van der Waals surface area (Å²) in [6, 6.07) is 0. The lowest BCUT2D eigenvalue weighted by atomic mass is 10.1. The number of halogens is 3. The molecular weight excluding hydrogens is 321 g/mol. The second-order valence-electron chi connectivity index (χ2n) is 4.50. The molecule has 0 atom stereocenters. The van der Waals surface area contributed by atoms with E-state index in [1.165, 1.54) is 0 Å². The highest BCUT2D eigenvalue weighted by Gasteiger charge is 2.46. The van der Waals surface area contributed by atoms with Crippen LogP contribution < -0.4 is 0 Å². The molecule has 0 aromatic carbocycles. The smallest absolute Gasteiger partial charge is 0.402 e. The van der Waals surface area contributed by atoms with Crippen LogP contribution >= 0.6 is 0 Å². The number of carbonyl (C=O) groups is 2.